The van der Waals surface area contributed by atoms with Crippen molar-refractivity contribution in [3.8, 4) is 17.1 Å². The van der Waals surface area contributed by atoms with E-state index < -0.39 is 0 Å². The minimum absolute atomic E-state index is 0.495. The van der Waals surface area contributed by atoms with Gasteiger partial charge < -0.3 is 4.42 Å². The highest BCUT2D eigenvalue weighted by Gasteiger charge is 2.30. The maximum atomic E-state index is 6.35. The summed E-state index contributed by atoms with van der Waals surface area (Å²) in [4.78, 5) is 4.78. The molecule has 0 fully saturated rings. The highest BCUT2D eigenvalue weighted by atomic mass is 16.3. The number of nitrogens with zero attached hydrogens (tertiary/aromatic N) is 3. The van der Waals surface area contributed by atoms with Gasteiger partial charge >= 0.3 is 0 Å². The Kier molecular flexibility index (Phi) is 4.43. The molecule has 30 heavy (non-hydrogen) atoms. The van der Waals surface area contributed by atoms with Crippen LogP contribution in [0.4, 0.5) is 0 Å². The minimum Gasteiger partial charge on any atom is -0.440 e. The molecule has 0 amide bonds. The summed E-state index contributed by atoms with van der Waals surface area (Å²) in [5, 5.41) is 0. The average molecular weight is 397 g/mol. The molecule has 0 aliphatic carbocycles. The third-order valence-electron chi connectivity index (χ3n) is 5.64. The molecule has 5 aromatic rings. The largest absolute Gasteiger partial charge is 0.440 e. The van der Waals surface area contributed by atoms with Gasteiger partial charge in [0.15, 0.2) is 22.5 Å². The molecule has 0 aliphatic rings. The van der Waals surface area contributed by atoms with Crippen LogP contribution >= 0.6 is 0 Å². The van der Waals surface area contributed by atoms with Crippen molar-refractivity contribution in [2.24, 2.45) is 13.0 Å². The highest BCUT2D eigenvalue weighted by Crippen LogP contribution is 2.35. The van der Waals surface area contributed by atoms with E-state index in [4.69, 9.17) is 9.40 Å². The molecule has 0 N–H and O–H groups in total. The Hall–Kier alpha value is -3.40. The van der Waals surface area contributed by atoms with Gasteiger partial charge in [0.05, 0.1) is 7.05 Å². The molecule has 5 rings (SSSR count). The van der Waals surface area contributed by atoms with Crippen molar-refractivity contribution in [2.45, 2.75) is 27.2 Å². The molecule has 2 heterocycles. The molecule has 4 nitrogen and oxygen atoms in total. The maximum Gasteiger partial charge on any atom is 0.299 e. The summed E-state index contributed by atoms with van der Waals surface area (Å²) in [6.45, 7) is 6.52. The predicted octanol–water partition coefficient (Wildman–Crippen LogP) is 5.77. The Morgan fingerprint density at radius 2 is 1.70 bits per heavy atom. The van der Waals surface area contributed by atoms with Gasteiger partial charge in [-0.2, -0.15) is 4.57 Å². The van der Waals surface area contributed by atoms with Gasteiger partial charge in [-0.15, -0.1) is 0 Å². The van der Waals surface area contributed by atoms with Crippen LogP contribution in [0.1, 0.15) is 25.3 Å². The molecule has 0 unspecified atom stereocenters. The maximum absolute atomic E-state index is 6.35. The topological polar surface area (TPSA) is 34.8 Å². The molecule has 0 radical (unpaired) electrons. The Balaban J connectivity index is 1.88. The van der Waals surface area contributed by atoms with Crippen LogP contribution in [-0.4, -0.2) is 9.55 Å². The fourth-order valence-corrected chi connectivity index (χ4v) is 4.28. The number of imidazole rings is 1. The van der Waals surface area contributed by atoms with Crippen LogP contribution in [0.5, 0.6) is 0 Å². The average Bonchev–Trinajstić information content (AvgIpc) is 3.27. The van der Waals surface area contributed by atoms with Crippen molar-refractivity contribution in [1.82, 2.24) is 9.55 Å². The quantitative estimate of drug-likeness (QED) is 0.362. The van der Waals surface area contributed by atoms with Crippen molar-refractivity contribution >= 4 is 22.1 Å². The second kappa shape index (κ2) is 7.13. The molecule has 0 bridgehead atoms. The predicted molar refractivity (Wildman–Crippen MR) is 121 cm³/mol. The zero-order chi connectivity index (χ0) is 20.8. The molecule has 0 saturated carbocycles. The number of hydrogen-bond donors (Lipinski definition) is 0. The number of fused-ring (bicyclic) bond motifs is 2. The molecule has 3 aromatic carbocycles. The van der Waals surface area contributed by atoms with Crippen LogP contribution in [0.2, 0.25) is 0 Å². The molecule has 0 saturated heterocycles. The van der Waals surface area contributed by atoms with E-state index in [9.17, 15) is 0 Å². The van der Waals surface area contributed by atoms with Gasteiger partial charge in [0.1, 0.15) is 16.8 Å². The summed E-state index contributed by atoms with van der Waals surface area (Å²) < 4.78 is 10.9. The summed E-state index contributed by atoms with van der Waals surface area (Å²) in [5.41, 5.74) is 7.51. The lowest BCUT2D eigenvalue weighted by Gasteiger charge is -2.07. The first-order valence-electron chi connectivity index (χ1n) is 10.5. The van der Waals surface area contributed by atoms with Crippen LogP contribution in [0, 0.1) is 12.8 Å². The van der Waals surface area contributed by atoms with Crippen LogP contribution in [0.15, 0.2) is 71.1 Å². The lowest BCUT2D eigenvalue weighted by atomic mass is 10.1. The van der Waals surface area contributed by atoms with Gasteiger partial charge in [-0.3, -0.25) is 0 Å². The molecule has 0 spiro atoms. The van der Waals surface area contributed by atoms with Gasteiger partial charge in [0, 0.05) is 6.42 Å². The van der Waals surface area contributed by atoms with Crippen LogP contribution in [-0.2, 0) is 13.5 Å². The number of rotatable bonds is 4. The second-order valence-corrected chi connectivity index (χ2v) is 8.35. The molecule has 4 heteroatoms. The second-order valence-electron chi connectivity index (χ2n) is 8.35. The molecule has 150 valence electrons. The molecule has 2 aromatic heterocycles. The van der Waals surface area contributed by atoms with Crippen molar-refractivity contribution in [3.63, 3.8) is 0 Å². The standard InChI is InChI=1S/C26H26N3O/c1-17(2)16-23-27-20-15-14-18(3)24(25(20)30-23)26-28(4)21-12-8-9-13-22(21)29(26)19-10-6-5-7-11-19/h5-15,17H,16H2,1-4H3/q+1. The number of hydrogen-bond acceptors (Lipinski definition) is 2. The van der Waals surface area contributed by atoms with E-state index in [0.717, 1.165) is 40.5 Å². The summed E-state index contributed by atoms with van der Waals surface area (Å²) in [5.74, 6) is 2.39. The fourth-order valence-electron chi connectivity index (χ4n) is 4.28. The van der Waals surface area contributed by atoms with Gasteiger partial charge in [0.25, 0.3) is 5.82 Å². The van der Waals surface area contributed by atoms with Crippen molar-refractivity contribution in [1.29, 1.82) is 0 Å². The Labute approximate surface area is 176 Å². The van der Waals surface area contributed by atoms with Gasteiger partial charge in [-0.1, -0.05) is 50.2 Å². The van der Waals surface area contributed by atoms with Gasteiger partial charge in [-0.25, -0.2) is 9.55 Å². The van der Waals surface area contributed by atoms with Crippen molar-refractivity contribution in [2.75, 3.05) is 0 Å². The first kappa shape index (κ1) is 18.6. The lowest BCUT2D eigenvalue weighted by Crippen LogP contribution is -2.30. The summed E-state index contributed by atoms with van der Waals surface area (Å²) in [6, 6.07) is 23.2. The Morgan fingerprint density at radius 1 is 0.967 bits per heavy atom. The van der Waals surface area contributed by atoms with Crippen molar-refractivity contribution in [3.05, 3.63) is 78.2 Å². The van der Waals surface area contributed by atoms with Crippen LogP contribution in [0.3, 0.4) is 0 Å². The third-order valence-corrected chi connectivity index (χ3v) is 5.64. The monoisotopic (exact) mass is 396 g/mol. The third kappa shape index (κ3) is 2.91. The van der Waals surface area contributed by atoms with E-state index >= 15 is 0 Å². The summed E-state index contributed by atoms with van der Waals surface area (Å²) in [6.07, 6.45) is 0.834. The SMILES string of the molecule is Cc1ccc2nc(CC(C)C)oc2c1-c1n(-c2ccccc2)c2ccccc2[n+]1C. The minimum atomic E-state index is 0.495. The fraction of sp³-hybridized carbons (Fsp3) is 0.231. The van der Waals surface area contributed by atoms with E-state index in [1.807, 2.05) is 0 Å². The first-order chi connectivity index (χ1) is 14.5. The summed E-state index contributed by atoms with van der Waals surface area (Å²) >= 11 is 0. The normalized spacial score (nSPS) is 11.8. The van der Waals surface area contributed by atoms with E-state index in [0.29, 0.717) is 5.92 Å². The van der Waals surface area contributed by atoms with Crippen molar-refractivity contribution < 1.29 is 8.98 Å². The molecule has 0 aliphatic heterocycles. The zero-order valence-electron chi connectivity index (χ0n) is 17.9. The number of benzene rings is 3. The van der Waals surface area contributed by atoms with Crippen LogP contribution < -0.4 is 4.57 Å². The molecule has 0 atom stereocenters. The zero-order valence-corrected chi connectivity index (χ0v) is 17.9. The summed E-state index contributed by atoms with van der Waals surface area (Å²) in [7, 11) is 2.13. The van der Waals surface area contributed by atoms with Crippen LogP contribution in [0.25, 0.3) is 39.2 Å². The lowest BCUT2D eigenvalue weighted by molar-refractivity contribution is -0.633. The number of para-hydroxylation sites is 3. The number of aryl methyl sites for hydroxylation is 2. The smallest absolute Gasteiger partial charge is 0.299 e. The van der Waals surface area contributed by atoms with E-state index in [1.54, 1.807) is 0 Å². The first-order valence-corrected chi connectivity index (χ1v) is 10.5. The molecular formula is C26H26N3O+. The highest BCUT2D eigenvalue weighted by molar-refractivity contribution is 5.92. The van der Waals surface area contributed by atoms with Gasteiger partial charge in [0.2, 0.25) is 0 Å². The van der Waals surface area contributed by atoms with E-state index in [1.165, 1.54) is 16.6 Å². The Morgan fingerprint density at radius 3 is 2.47 bits per heavy atom. The Bertz CT molecular complexity index is 1360. The van der Waals surface area contributed by atoms with E-state index in [2.05, 4.69) is 104 Å². The van der Waals surface area contributed by atoms with Gasteiger partial charge in [-0.05, 0) is 48.7 Å². The molecular weight excluding hydrogens is 370 g/mol. The van der Waals surface area contributed by atoms with E-state index in [-0.39, 0.29) is 0 Å². The number of oxazole rings is 1. The number of aromatic nitrogens is 3.